The summed E-state index contributed by atoms with van der Waals surface area (Å²) in [6.45, 7) is 4.21. The van der Waals surface area contributed by atoms with Crippen molar-refractivity contribution in [2.45, 2.75) is 59.0 Å². The van der Waals surface area contributed by atoms with Crippen molar-refractivity contribution in [3.05, 3.63) is 91.0 Å². The molecule has 2 nitrogen and oxygen atoms in total. The van der Waals surface area contributed by atoms with Gasteiger partial charge < -0.3 is 4.74 Å². The Morgan fingerprint density at radius 3 is 1.64 bits per heavy atom. The molecule has 33 heavy (non-hydrogen) atoms. The molecule has 0 saturated heterocycles. The molecule has 174 valence electrons. The number of rotatable bonds is 5. The molecule has 0 amide bonds. The molecule has 0 radical (unpaired) electrons. The minimum absolute atomic E-state index is 0.0294. The minimum Gasteiger partial charge on any atom is -0.459 e. The van der Waals surface area contributed by atoms with Crippen LogP contribution in [0.1, 0.15) is 52.9 Å². The molecule has 3 heteroatoms. The number of carbonyl (C=O) groups excluding carboxylic acids is 1. The molecule has 4 rings (SSSR count). The summed E-state index contributed by atoms with van der Waals surface area (Å²) in [6.07, 6.45) is 5.58. The van der Waals surface area contributed by atoms with Crippen molar-refractivity contribution in [2.75, 3.05) is 0 Å². The van der Waals surface area contributed by atoms with Crippen molar-refractivity contribution in [3.63, 3.8) is 0 Å². The number of ether oxygens (including phenoxy) is 1. The highest BCUT2D eigenvalue weighted by Gasteiger charge is 2.28. The van der Waals surface area contributed by atoms with Crippen molar-refractivity contribution < 1.29 is 9.53 Å². The normalized spacial score (nSPS) is 17.9. The van der Waals surface area contributed by atoms with Crippen LogP contribution in [0.2, 0.25) is 0 Å². The largest absolute Gasteiger partial charge is 0.459 e. The average Bonchev–Trinajstić information content (AvgIpc) is 2.85. The minimum atomic E-state index is -2.29. The Morgan fingerprint density at radius 1 is 0.818 bits per heavy atom. The molecule has 1 saturated carbocycles. The van der Waals surface area contributed by atoms with Gasteiger partial charge in [0.1, 0.15) is 6.10 Å². The van der Waals surface area contributed by atoms with E-state index in [0.717, 1.165) is 35.2 Å². The van der Waals surface area contributed by atoms with Gasteiger partial charge in [-0.3, -0.25) is 0 Å². The average molecular weight is 461 g/mol. The summed E-state index contributed by atoms with van der Waals surface area (Å²) >= 11 is 0. The second-order valence-electron chi connectivity index (χ2n) is 8.90. The van der Waals surface area contributed by atoms with Gasteiger partial charge in [-0.1, -0.05) is 125 Å². The Balaban J connectivity index is 0.000000968. The number of carbonyl (C=O) groups is 1. The molecule has 0 heterocycles. The van der Waals surface area contributed by atoms with Gasteiger partial charge in [-0.15, -0.1) is 0 Å². The molecular weight excluding hydrogens is 423 g/mol. The van der Waals surface area contributed by atoms with Crippen molar-refractivity contribution >= 4 is 34.6 Å². The molecular formula is C30H37O2P. The fraction of sp³-hybridized carbons (Fsp3) is 0.333. The van der Waals surface area contributed by atoms with Crippen molar-refractivity contribution in [3.8, 4) is 0 Å². The lowest BCUT2D eigenvalue weighted by atomic mass is 9.89. The first-order valence-electron chi connectivity index (χ1n) is 12.2. The van der Waals surface area contributed by atoms with Gasteiger partial charge in [-0.2, -0.15) is 0 Å². The zero-order valence-electron chi connectivity index (χ0n) is 20.2. The van der Waals surface area contributed by atoms with Crippen LogP contribution in [0.25, 0.3) is 0 Å². The molecule has 1 aliphatic carbocycles. The third-order valence-electron chi connectivity index (χ3n) is 5.96. The molecule has 0 aliphatic heterocycles. The number of benzene rings is 3. The molecule has 1 fully saturated rings. The van der Waals surface area contributed by atoms with Crippen LogP contribution in [0.4, 0.5) is 0 Å². The lowest BCUT2D eigenvalue weighted by molar-refractivity contribution is -0.141. The van der Waals surface area contributed by atoms with Crippen LogP contribution < -0.4 is 15.9 Å². The Labute approximate surface area is 200 Å². The first kappa shape index (κ1) is 25.1. The predicted octanol–water partition coefficient (Wildman–Crippen LogP) is 6.32. The first-order chi connectivity index (χ1) is 16.1. The molecule has 0 aromatic heterocycles. The van der Waals surface area contributed by atoms with Crippen molar-refractivity contribution in [1.29, 1.82) is 0 Å². The van der Waals surface area contributed by atoms with E-state index in [2.05, 4.69) is 93.6 Å². The fourth-order valence-corrected chi connectivity index (χ4v) is 8.14. The maximum atomic E-state index is 13.3. The molecule has 2 unspecified atom stereocenters. The van der Waals surface area contributed by atoms with Crippen LogP contribution in [0.5, 0.6) is 0 Å². The van der Waals surface area contributed by atoms with E-state index < -0.39 is 6.89 Å². The standard InChI is InChI=1S/C27H29O2P.C3H8/c1-22-12-11-13-23(20-22)29-27(28)21-30(24-14-5-2-6-15-24,25-16-7-3-8-17-25)26-18-9-4-10-19-26;1-3-2/h2-10,14-19,21-23H,11-13,20H2,1H3;3H2,1-2H3. The highest BCUT2D eigenvalue weighted by Crippen LogP contribution is 2.43. The number of hydrogen-bond acceptors (Lipinski definition) is 2. The summed E-state index contributed by atoms with van der Waals surface area (Å²) < 4.78 is 6.02. The van der Waals surface area contributed by atoms with E-state index in [1.807, 2.05) is 24.0 Å². The van der Waals surface area contributed by atoms with Crippen LogP contribution in [-0.2, 0) is 9.53 Å². The van der Waals surface area contributed by atoms with E-state index in [1.165, 1.54) is 12.8 Å². The Bertz CT molecular complexity index is 925. The zero-order valence-corrected chi connectivity index (χ0v) is 21.1. The maximum Gasteiger partial charge on any atom is 0.332 e. The Morgan fingerprint density at radius 2 is 1.24 bits per heavy atom. The number of esters is 1. The van der Waals surface area contributed by atoms with Gasteiger partial charge >= 0.3 is 5.97 Å². The van der Waals surface area contributed by atoms with Gasteiger partial charge in [0.15, 0.2) is 0 Å². The molecule has 1 aliphatic rings. The van der Waals surface area contributed by atoms with Gasteiger partial charge in [-0.25, -0.2) is 4.79 Å². The quantitative estimate of drug-likeness (QED) is 0.329. The van der Waals surface area contributed by atoms with Crippen molar-refractivity contribution in [1.82, 2.24) is 0 Å². The zero-order chi connectivity index (χ0) is 23.5. The summed E-state index contributed by atoms with van der Waals surface area (Å²) in [5.74, 6) is 2.32. The van der Waals surface area contributed by atoms with Crippen LogP contribution >= 0.6 is 6.89 Å². The molecule has 0 bridgehead atoms. The lowest BCUT2D eigenvalue weighted by Crippen LogP contribution is -2.31. The van der Waals surface area contributed by atoms with E-state index >= 15 is 0 Å². The molecule has 0 N–H and O–H groups in total. The van der Waals surface area contributed by atoms with Crippen LogP contribution in [0, 0.1) is 5.92 Å². The van der Waals surface area contributed by atoms with Gasteiger partial charge in [-0.05, 0) is 48.0 Å². The molecule has 2 atom stereocenters. The molecule has 0 spiro atoms. The van der Waals surface area contributed by atoms with E-state index in [-0.39, 0.29) is 12.1 Å². The van der Waals surface area contributed by atoms with Crippen LogP contribution in [-0.4, -0.2) is 17.9 Å². The Kier molecular flexibility index (Phi) is 9.58. The van der Waals surface area contributed by atoms with Gasteiger partial charge in [0.25, 0.3) is 0 Å². The summed E-state index contributed by atoms with van der Waals surface area (Å²) in [4.78, 5) is 13.3. The van der Waals surface area contributed by atoms with Gasteiger partial charge in [0.05, 0.1) is 0 Å². The maximum absolute atomic E-state index is 13.3. The second-order valence-corrected chi connectivity index (χ2v) is 12.1. The third-order valence-corrected chi connectivity index (χ3v) is 9.90. The number of hydrogen-bond donors (Lipinski definition) is 0. The lowest BCUT2D eigenvalue weighted by Gasteiger charge is -2.29. The Hall–Kier alpha value is -2.57. The van der Waals surface area contributed by atoms with E-state index in [4.69, 9.17) is 4.74 Å². The second kappa shape index (κ2) is 12.6. The highest BCUT2D eigenvalue weighted by atomic mass is 31.2. The predicted molar refractivity (Wildman–Crippen MR) is 145 cm³/mol. The van der Waals surface area contributed by atoms with Crippen molar-refractivity contribution in [2.24, 2.45) is 5.92 Å². The van der Waals surface area contributed by atoms with Gasteiger partial charge in [0, 0.05) is 5.80 Å². The van der Waals surface area contributed by atoms with E-state index in [1.54, 1.807) is 0 Å². The van der Waals surface area contributed by atoms with E-state index in [9.17, 15) is 4.79 Å². The summed E-state index contributed by atoms with van der Waals surface area (Å²) in [7, 11) is 0. The molecule has 3 aromatic rings. The molecule has 3 aromatic carbocycles. The third kappa shape index (κ3) is 6.49. The van der Waals surface area contributed by atoms with Crippen LogP contribution in [0.15, 0.2) is 91.0 Å². The topological polar surface area (TPSA) is 26.3 Å². The summed E-state index contributed by atoms with van der Waals surface area (Å²) in [5, 5.41) is 3.49. The monoisotopic (exact) mass is 460 g/mol. The summed E-state index contributed by atoms with van der Waals surface area (Å²) in [6, 6.07) is 31.2. The highest BCUT2D eigenvalue weighted by molar-refractivity contribution is 7.95. The fourth-order valence-electron chi connectivity index (χ4n) is 4.50. The smallest absolute Gasteiger partial charge is 0.332 e. The summed E-state index contributed by atoms with van der Waals surface area (Å²) in [5.41, 5.74) is 0. The van der Waals surface area contributed by atoms with Crippen LogP contribution in [0.3, 0.4) is 0 Å². The van der Waals surface area contributed by atoms with E-state index in [0.29, 0.717) is 5.92 Å². The SMILES string of the molecule is CC1CCCC(OC(=O)C=P(c2ccccc2)(c2ccccc2)c2ccccc2)C1.CCC. The van der Waals surface area contributed by atoms with Gasteiger partial charge in [0.2, 0.25) is 0 Å². The first-order valence-corrected chi connectivity index (χ1v) is 14.1.